The second kappa shape index (κ2) is 19.3. The van der Waals surface area contributed by atoms with Gasteiger partial charge in [0.15, 0.2) is 0 Å². The van der Waals surface area contributed by atoms with Crippen LogP contribution in [0, 0.1) is 23.7 Å². The van der Waals surface area contributed by atoms with Gasteiger partial charge in [-0.2, -0.15) is 0 Å². The van der Waals surface area contributed by atoms with E-state index in [1.54, 1.807) is 20.8 Å². The number of rotatable bonds is 9. The highest BCUT2D eigenvalue weighted by atomic mass is 16.6. The van der Waals surface area contributed by atoms with Gasteiger partial charge in [-0.25, -0.2) is 24.0 Å². The molecule has 1 unspecified atom stereocenters. The lowest BCUT2D eigenvalue weighted by Crippen LogP contribution is -2.59. The maximum atomic E-state index is 12.0. The molecule has 5 rings (SSSR count). The van der Waals surface area contributed by atoms with Crippen LogP contribution in [-0.4, -0.2) is 72.1 Å². The van der Waals surface area contributed by atoms with E-state index in [0.717, 1.165) is 24.3 Å². The number of carbonyl (C=O) groups is 5. The molecule has 0 amide bonds. The molecule has 5 fully saturated rings. The topological polar surface area (TPSA) is 152 Å². The Morgan fingerprint density at radius 3 is 1.73 bits per heavy atom. The van der Waals surface area contributed by atoms with Crippen molar-refractivity contribution in [1.29, 1.82) is 0 Å². The van der Waals surface area contributed by atoms with Crippen LogP contribution in [0.3, 0.4) is 0 Å². The molecule has 4 aliphatic carbocycles. The summed E-state index contributed by atoms with van der Waals surface area (Å²) in [6, 6.07) is 0. The first kappa shape index (κ1) is 42.3. The van der Waals surface area contributed by atoms with Gasteiger partial charge in [-0.3, -0.25) is 0 Å². The van der Waals surface area contributed by atoms with Crippen LogP contribution in [0.25, 0.3) is 0 Å². The van der Waals surface area contributed by atoms with E-state index in [9.17, 15) is 24.0 Å². The molecule has 0 radical (unpaired) electrons. The van der Waals surface area contributed by atoms with Gasteiger partial charge in [0.05, 0.1) is 13.2 Å². The molecule has 11 heteroatoms. The molecule has 4 bridgehead atoms. The van der Waals surface area contributed by atoms with Crippen LogP contribution in [0.4, 0.5) is 0 Å². The molecule has 5 aliphatic rings. The maximum absolute atomic E-state index is 12.0. The van der Waals surface area contributed by atoms with Crippen molar-refractivity contribution in [1.82, 2.24) is 0 Å². The molecule has 11 nitrogen and oxygen atoms in total. The van der Waals surface area contributed by atoms with E-state index >= 15 is 0 Å². The predicted molar refractivity (Wildman–Crippen MR) is 180 cm³/mol. The molecule has 1 heterocycles. The monoisotopic (exact) mass is 676 g/mol. The fourth-order valence-electron chi connectivity index (χ4n) is 6.46. The summed E-state index contributed by atoms with van der Waals surface area (Å²) >= 11 is 0. The van der Waals surface area contributed by atoms with Crippen molar-refractivity contribution in [2.24, 2.45) is 23.7 Å². The molecule has 0 spiro atoms. The fourth-order valence-corrected chi connectivity index (χ4v) is 6.46. The average molecular weight is 677 g/mol. The van der Waals surface area contributed by atoms with Crippen LogP contribution in [0.2, 0.25) is 0 Å². The van der Waals surface area contributed by atoms with Gasteiger partial charge in [-0.05, 0) is 104 Å². The number of hydrogen-bond donors (Lipinski definition) is 1. The molecule has 48 heavy (non-hydrogen) atoms. The van der Waals surface area contributed by atoms with Crippen molar-refractivity contribution < 1.29 is 52.8 Å². The molecule has 0 aromatic heterocycles. The van der Waals surface area contributed by atoms with E-state index in [4.69, 9.17) is 14.6 Å². The Kier molecular flexibility index (Phi) is 17.0. The average Bonchev–Trinajstić information content (AvgIpc) is 3.40. The summed E-state index contributed by atoms with van der Waals surface area (Å²) in [7, 11) is 0. The highest BCUT2D eigenvalue weighted by Gasteiger charge is 2.58. The van der Waals surface area contributed by atoms with Crippen LogP contribution < -0.4 is 0 Å². The number of carbonyl (C=O) groups excluding carboxylic acids is 5. The molecule has 270 valence electrons. The molecule has 1 saturated heterocycles. The summed E-state index contributed by atoms with van der Waals surface area (Å²) in [4.78, 5) is 54.5. The zero-order valence-electron chi connectivity index (χ0n) is 29.9. The second-order valence-corrected chi connectivity index (χ2v) is 13.8. The highest BCUT2D eigenvalue weighted by molar-refractivity contribution is 5.88. The Bertz CT molecular complexity index is 1180. The molecule has 0 aromatic rings. The van der Waals surface area contributed by atoms with Gasteiger partial charge in [-0.1, -0.05) is 33.2 Å². The van der Waals surface area contributed by atoms with E-state index in [2.05, 4.69) is 47.5 Å². The van der Waals surface area contributed by atoms with E-state index in [-0.39, 0.29) is 30.8 Å². The third-order valence-corrected chi connectivity index (χ3v) is 8.44. The SMILES string of the molecule is C=C(C)C(=O)OC(C)(C)C.C=C(C)C(=O)OC1(CC)C2CC3CC(C2)CC1C3.C=C(C)C(=O)OCCO.C=CC(=O)OC1CCOC1=O. The second-order valence-electron chi connectivity index (χ2n) is 13.8. The first-order valence-electron chi connectivity index (χ1n) is 16.5. The van der Waals surface area contributed by atoms with Gasteiger partial charge < -0.3 is 28.8 Å². The smallest absolute Gasteiger partial charge is 0.347 e. The molecule has 1 aliphatic heterocycles. The maximum Gasteiger partial charge on any atom is 0.347 e. The Hall–Kier alpha value is -3.73. The van der Waals surface area contributed by atoms with Crippen LogP contribution >= 0.6 is 0 Å². The number of esters is 5. The number of aliphatic hydroxyl groups excluding tert-OH is 1. The zero-order chi connectivity index (χ0) is 36.8. The van der Waals surface area contributed by atoms with Crippen molar-refractivity contribution >= 4 is 29.8 Å². The minimum absolute atomic E-state index is 0.0473. The number of cyclic esters (lactones) is 1. The summed E-state index contributed by atoms with van der Waals surface area (Å²) in [5.41, 5.74) is 0.759. The molecule has 1 N–H and O–H groups in total. The summed E-state index contributed by atoms with van der Waals surface area (Å²) in [6.07, 6.45) is 8.27. The normalized spacial score (nSPS) is 25.9. The van der Waals surface area contributed by atoms with Crippen molar-refractivity contribution in [3.63, 3.8) is 0 Å². The third-order valence-electron chi connectivity index (χ3n) is 8.44. The van der Waals surface area contributed by atoms with Crippen LogP contribution in [0.1, 0.15) is 93.4 Å². The van der Waals surface area contributed by atoms with Crippen molar-refractivity contribution in [2.45, 2.75) is 111 Å². The fraction of sp³-hybridized carbons (Fsp3) is 0.649. The molecule has 4 saturated carbocycles. The van der Waals surface area contributed by atoms with E-state index in [0.29, 0.717) is 41.6 Å². The lowest BCUT2D eigenvalue weighted by Gasteiger charge is -2.60. The first-order valence-corrected chi connectivity index (χ1v) is 16.5. The number of aliphatic hydroxyl groups is 1. The van der Waals surface area contributed by atoms with Gasteiger partial charge in [0.1, 0.15) is 17.8 Å². The zero-order valence-corrected chi connectivity index (χ0v) is 29.9. The van der Waals surface area contributed by atoms with Gasteiger partial charge in [0.2, 0.25) is 6.10 Å². The van der Waals surface area contributed by atoms with Crippen LogP contribution in [0.5, 0.6) is 0 Å². The number of ether oxygens (including phenoxy) is 5. The molecule has 1 atom stereocenters. The lowest BCUT2D eigenvalue weighted by molar-refractivity contribution is -0.207. The summed E-state index contributed by atoms with van der Waals surface area (Å²) in [6.45, 7) is 26.6. The molecular weight excluding hydrogens is 620 g/mol. The minimum Gasteiger partial charge on any atom is -0.463 e. The standard InChI is InChI=1S/C16H24O2.C8H14O2.C7H8O4.C6H10O3/c1-4-16(18-15(17)10(2)3)13-6-11-5-12(8-13)9-14(16)7-11;1-6(2)7(9)10-8(3,4)5;1-2-6(8)11-5-3-4-10-7(5)9;1-5(2)6(8)9-4-3-7/h11-14H,2,4-9H2,1,3H3;1H2,2-5H3;2,5H,1,3-4H2;7H,1,3-4H2,2H3. The predicted octanol–water partition coefficient (Wildman–Crippen LogP) is 5.74. The largest absolute Gasteiger partial charge is 0.463 e. The summed E-state index contributed by atoms with van der Waals surface area (Å²) in [5.74, 6) is 1.03. The minimum atomic E-state index is -0.722. The van der Waals surface area contributed by atoms with Gasteiger partial charge in [0.25, 0.3) is 0 Å². The van der Waals surface area contributed by atoms with Crippen molar-refractivity contribution in [3.8, 4) is 0 Å². The van der Waals surface area contributed by atoms with E-state index < -0.39 is 29.6 Å². The Morgan fingerprint density at radius 2 is 1.40 bits per heavy atom. The number of hydrogen-bond acceptors (Lipinski definition) is 11. The van der Waals surface area contributed by atoms with Crippen LogP contribution in [-0.2, 0) is 47.7 Å². The van der Waals surface area contributed by atoms with Crippen molar-refractivity contribution in [2.75, 3.05) is 19.8 Å². The lowest BCUT2D eigenvalue weighted by atomic mass is 9.49. The summed E-state index contributed by atoms with van der Waals surface area (Å²) in [5, 5.41) is 8.19. The molecular formula is C37H56O11. The highest BCUT2D eigenvalue weighted by Crippen LogP contribution is 2.60. The van der Waals surface area contributed by atoms with Gasteiger partial charge in [0, 0.05) is 29.2 Å². The first-order chi connectivity index (χ1) is 22.3. The quantitative estimate of drug-likeness (QED) is 0.181. The van der Waals surface area contributed by atoms with Gasteiger partial charge in [-0.15, -0.1) is 0 Å². The van der Waals surface area contributed by atoms with Gasteiger partial charge >= 0.3 is 29.8 Å². The van der Waals surface area contributed by atoms with Crippen LogP contribution in [0.15, 0.2) is 49.1 Å². The Balaban J connectivity index is 0.000000337. The Morgan fingerprint density at radius 1 is 0.896 bits per heavy atom. The summed E-state index contributed by atoms with van der Waals surface area (Å²) < 4.78 is 24.6. The van der Waals surface area contributed by atoms with E-state index in [1.165, 1.54) is 32.1 Å². The van der Waals surface area contributed by atoms with E-state index in [1.807, 2.05) is 20.8 Å². The third kappa shape index (κ3) is 13.4. The Labute approximate surface area is 285 Å². The molecule has 0 aromatic carbocycles. The van der Waals surface area contributed by atoms with Crippen molar-refractivity contribution in [3.05, 3.63) is 49.1 Å².